The Labute approximate surface area is 181 Å². The lowest BCUT2D eigenvalue weighted by atomic mass is 9.95. The number of nitrogens with zero attached hydrogens (tertiary/aromatic N) is 1. The Morgan fingerprint density at radius 2 is 1.71 bits per heavy atom. The standard InChI is InChI=1S/C21H33N3O2.2ClH/c1-15-12-24(13-16(2)26-15)14-18-8-6-17(7-9-18)11-23-21(25)20-5-3-4-19(20)10-22;;/h6-9,15-16,19-20H,3-5,10-14,22H2,1-2H3,(H,23,25);2*1H/t15?,16?,19-,20-;;/m1../s1. The van der Waals surface area contributed by atoms with Gasteiger partial charge in [-0.1, -0.05) is 30.7 Å². The van der Waals surface area contributed by atoms with Crippen LogP contribution in [0.3, 0.4) is 0 Å². The van der Waals surface area contributed by atoms with Crippen LogP contribution < -0.4 is 11.1 Å². The molecule has 2 fully saturated rings. The van der Waals surface area contributed by atoms with Gasteiger partial charge in [0.1, 0.15) is 0 Å². The van der Waals surface area contributed by atoms with Gasteiger partial charge in [-0.2, -0.15) is 0 Å². The monoisotopic (exact) mass is 431 g/mol. The molecule has 4 atom stereocenters. The van der Waals surface area contributed by atoms with Crippen LogP contribution in [-0.4, -0.2) is 42.6 Å². The van der Waals surface area contributed by atoms with Crippen LogP contribution in [0.25, 0.3) is 0 Å². The molecule has 3 rings (SSSR count). The molecular weight excluding hydrogens is 397 g/mol. The van der Waals surface area contributed by atoms with Gasteiger partial charge >= 0.3 is 0 Å². The molecule has 2 unspecified atom stereocenters. The lowest BCUT2D eigenvalue weighted by molar-refractivity contribution is -0.126. The van der Waals surface area contributed by atoms with Gasteiger partial charge in [0.25, 0.3) is 0 Å². The number of hydrogen-bond donors (Lipinski definition) is 2. The van der Waals surface area contributed by atoms with Crippen LogP contribution in [0.2, 0.25) is 0 Å². The van der Waals surface area contributed by atoms with Crippen LogP contribution in [0.5, 0.6) is 0 Å². The maximum atomic E-state index is 12.4. The zero-order valence-electron chi connectivity index (χ0n) is 16.9. The van der Waals surface area contributed by atoms with Crippen molar-refractivity contribution in [1.29, 1.82) is 0 Å². The summed E-state index contributed by atoms with van der Waals surface area (Å²) in [4.78, 5) is 14.8. The van der Waals surface area contributed by atoms with Crippen molar-refractivity contribution in [2.75, 3.05) is 19.6 Å². The fourth-order valence-corrected chi connectivity index (χ4v) is 4.42. The molecule has 7 heteroatoms. The van der Waals surface area contributed by atoms with Crippen molar-refractivity contribution in [1.82, 2.24) is 10.2 Å². The van der Waals surface area contributed by atoms with E-state index in [9.17, 15) is 4.79 Å². The van der Waals surface area contributed by atoms with Gasteiger partial charge in [-0.25, -0.2) is 0 Å². The van der Waals surface area contributed by atoms with E-state index in [2.05, 4.69) is 48.3 Å². The van der Waals surface area contributed by atoms with Crippen LogP contribution in [-0.2, 0) is 22.6 Å². The number of benzene rings is 1. The highest BCUT2D eigenvalue weighted by molar-refractivity contribution is 5.85. The first-order chi connectivity index (χ1) is 12.5. The highest BCUT2D eigenvalue weighted by Gasteiger charge is 2.31. The quantitative estimate of drug-likeness (QED) is 0.725. The predicted octanol–water partition coefficient (Wildman–Crippen LogP) is 3.13. The molecular formula is C21H35Cl2N3O2. The van der Waals surface area contributed by atoms with Gasteiger partial charge in [-0.3, -0.25) is 9.69 Å². The summed E-state index contributed by atoms with van der Waals surface area (Å²) in [5, 5.41) is 3.10. The molecule has 1 aliphatic heterocycles. The second kappa shape index (κ2) is 12.0. The number of morpholine rings is 1. The van der Waals surface area contributed by atoms with E-state index in [-0.39, 0.29) is 36.6 Å². The fraction of sp³-hybridized carbons (Fsp3) is 0.667. The zero-order chi connectivity index (χ0) is 18.5. The van der Waals surface area contributed by atoms with E-state index in [1.165, 1.54) is 5.56 Å². The molecule has 1 amide bonds. The van der Waals surface area contributed by atoms with Gasteiger partial charge in [0.15, 0.2) is 0 Å². The molecule has 3 N–H and O–H groups in total. The molecule has 1 aromatic rings. The summed E-state index contributed by atoms with van der Waals surface area (Å²) in [6.45, 7) is 8.38. The molecule has 28 heavy (non-hydrogen) atoms. The van der Waals surface area contributed by atoms with Gasteiger partial charge < -0.3 is 15.8 Å². The molecule has 1 heterocycles. The molecule has 1 saturated heterocycles. The Morgan fingerprint density at radius 3 is 2.32 bits per heavy atom. The van der Waals surface area contributed by atoms with E-state index >= 15 is 0 Å². The predicted molar refractivity (Wildman–Crippen MR) is 118 cm³/mol. The highest BCUT2D eigenvalue weighted by atomic mass is 35.5. The van der Waals surface area contributed by atoms with E-state index in [0.29, 0.717) is 31.2 Å². The van der Waals surface area contributed by atoms with E-state index in [4.69, 9.17) is 10.5 Å². The van der Waals surface area contributed by atoms with Gasteiger partial charge in [0.05, 0.1) is 12.2 Å². The third kappa shape index (κ3) is 6.89. The van der Waals surface area contributed by atoms with Gasteiger partial charge in [-0.05, 0) is 50.3 Å². The number of hydrogen-bond acceptors (Lipinski definition) is 4. The van der Waals surface area contributed by atoms with E-state index in [1.54, 1.807) is 0 Å². The van der Waals surface area contributed by atoms with Crippen LogP contribution in [0, 0.1) is 11.8 Å². The van der Waals surface area contributed by atoms with Crippen molar-refractivity contribution in [3.8, 4) is 0 Å². The van der Waals surface area contributed by atoms with Gasteiger partial charge in [0, 0.05) is 32.1 Å². The second-order valence-electron chi connectivity index (χ2n) is 8.02. The molecule has 160 valence electrons. The van der Waals surface area contributed by atoms with Crippen LogP contribution in [0.1, 0.15) is 44.2 Å². The van der Waals surface area contributed by atoms with Crippen LogP contribution in [0.4, 0.5) is 0 Å². The fourth-order valence-electron chi connectivity index (χ4n) is 4.42. The third-order valence-corrected chi connectivity index (χ3v) is 5.69. The average Bonchev–Trinajstić information content (AvgIpc) is 3.09. The minimum Gasteiger partial charge on any atom is -0.373 e. The molecule has 1 aliphatic carbocycles. The first kappa shape index (κ1) is 25.2. The van der Waals surface area contributed by atoms with Crippen molar-refractivity contribution in [2.45, 2.75) is 58.4 Å². The molecule has 1 aromatic carbocycles. The Morgan fingerprint density at radius 1 is 1.11 bits per heavy atom. The Bertz CT molecular complexity index is 590. The molecule has 5 nitrogen and oxygen atoms in total. The SMILES string of the molecule is CC1CN(Cc2ccc(CNC(=O)[C@@H]3CCC[C@@H]3CN)cc2)CC(C)O1.Cl.Cl. The highest BCUT2D eigenvalue weighted by Crippen LogP contribution is 2.31. The smallest absolute Gasteiger partial charge is 0.223 e. The number of amides is 1. The summed E-state index contributed by atoms with van der Waals surface area (Å²) in [6.07, 6.45) is 3.76. The number of rotatable bonds is 6. The van der Waals surface area contributed by atoms with Crippen LogP contribution in [0.15, 0.2) is 24.3 Å². The van der Waals surface area contributed by atoms with E-state index in [1.807, 2.05) is 0 Å². The van der Waals surface area contributed by atoms with E-state index < -0.39 is 0 Å². The molecule has 0 spiro atoms. The number of carbonyl (C=O) groups is 1. The summed E-state index contributed by atoms with van der Waals surface area (Å²) in [7, 11) is 0. The minimum absolute atomic E-state index is 0. The topological polar surface area (TPSA) is 67.6 Å². The Kier molecular flexibility index (Phi) is 10.8. The number of nitrogens with one attached hydrogen (secondary N) is 1. The van der Waals surface area contributed by atoms with Crippen molar-refractivity contribution < 1.29 is 9.53 Å². The van der Waals surface area contributed by atoms with E-state index in [0.717, 1.165) is 44.5 Å². The summed E-state index contributed by atoms with van der Waals surface area (Å²) in [5.41, 5.74) is 8.24. The van der Waals surface area contributed by atoms with Crippen molar-refractivity contribution in [3.05, 3.63) is 35.4 Å². The zero-order valence-corrected chi connectivity index (χ0v) is 18.6. The summed E-state index contributed by atoms with van der Waals surface area (Å²) >= 11 is 0. The molecule has 2 aliphatic rings. The molecule has 0 aromatic heterocycles. The lowest BCUT2D eigenvalue weighted by Gasteiger charge is -2.35. The van der Waals surface area contributed by atoms with Crippen molar-refractivity contribution in [2.24, 2.45) is 17.6 Å². The largest absolute Gasteiger partial charge is 0.373 e. The summed E-state index contributed by atoms with van der Waals surface area (Å²) in [6, 6.07) is 8.59. The first-order valence-corrected chi connectivity index (χ1v) is 9.98. The number of nitrogens with two attached hydrogens (primary N) is 1. The number of ether oxygens (including phenoxy) is 1. The van der Waals surface area contributed by atoms with Gasteiger partial charge in [-0.15, -0.1) is 24.8 Å². The Hall–Kier alpha value is -0.850. The van der Waals surface area contributed by atoms with Crippen molar-refractivity contribution in [3.63, 3.8) is 0 Å². The second-order valence-corrected chi connectivity index (χ2v) is 8.02. The average molecular weight is 432 g/mol. The minimum atomic E-state index is 0. The van der Waals surface area contributed by atoms with Crippen LogP contribution >= 0.6 is 24.8 Å². The molecule has 0 bridgehead atoms. The summed E-state index contributed by atoms with van der Waals surface area (Å²) in [5.74, 6) is 0.624. The molecule has 0 radical (unpaired) electrons. The maximum absolute atomic E-state index is 12.4. The molecule has 1 saturated carbocycles. The van der Waals surface area contributed by atoms with Crippen molar-refractivity contribution >= 4 is 30.7 Å². The summed E-state index contributed by atoms with van der Waals surface area (Å²) < 4.78 is 5.80. The number of halogens is 2. The lowest BCUT2D eigenvalue weighted by Crippen LogP contribution is -2.44. The maximum Gasteiger partial charge on any atom is 0.223 e. The Balaban J connectivity index is 0.00000196. The number of carbonyl (C=O) groups excluding carboxylic acids is 1. The first-order valence-electron chi connectivity index (χ1n) is 9.98. The normalized spacial score (nSPS) is 27.5. The third-order valence-electron chi connectivity index (χ3n) is 5.69. The van der Waals surface area contributed by atoms with Gasteiger partial charge in [0.2, 0.25) is 5.91 Å².